The van der Waals surface area contributed by atoms with Crippen LogP contribution in [0, 0.1) is 0 Å². The van der Waals surface area contributed by atoms with Crippen LogP contribution in [0.2, 0.25) is 0 Å². The molecule has 0 spiro atoms. The number of hydrogen-bond donors (Lipinski definition) is 1. The van der Waals surface area contributed by atoms with Gasteiger partial charge in [0.15, 0.2) is 0 Å². The number of carbonyl (C=O) groups excluding carboxylic acids is 1. The van der Waals surface area contributed by atoms with Gasteiger partial charge in [0, 0.05) is 12.6 Å². The Morgan fingerprint density at radius 2 is 2.10 bits per heavy atom. The third-order valence-electron chi connectivity index (χ3n) is 3.37. The number of hydrogen-bond acceptors (Lipinski definition) is 3. The van der Waals surface area contributed by atoms with Gasteiger partial charge >= 0.3 is 6.09 Å². The van der Waals surface area contributed by atoms with Crippen molar-refractivity contribution in [3.63, 3.8) is 0 Å². The van der Waals surface area contributed by atoms with E-state index in [4.69, 9.17) is 10.5 Å². The Balaban J connectivity index is 2.31. The summed E-state index contributed by atoms with van der Waals surface area (Å²) < 4.78 is 5.49. The molecule has 0 unspecified atom stereocenters. The first kappa shape index (κ1) is 14.9. The Labute approximate surface area is 120 Å². The van der Waals surface area contributed by atoms with Crippen LogP contribution in [0.25, 0.3) is 0 Å². The number of fused-ring (bicyclic) bond motifs is 1. The molecule has 1 amide bonds. The summed E-state index contributed by atoms with van der Waals surface area (Å²) in [5.41, 5.74) is 8.63. The number of aryl methyl sites for hydroxylation is 1. The zero-order chi connectivity index (χ0) is 14.9. The number of benzene rings is 1. The lowest BCUT2D eigenvalue weighted by molar-refractivity contribution is 0.0578. The van der Waals surface area contributed by atoms with Gasteiger partial charge in [0.25, 0.3) is 0 Å². The quantitative estimate of drug-likeness (QED) is 0.855. The van der Waals surface area contributed by atoms with Crippen molar-refractivity contribution in [1.82, 2.24) is 0 Å². The van der Waals surface area contributed by atoms with E-state index in [1.807, 2.05) is 39.8 Å². The van der Waals surface area contributed by atoms with Crippen molar-refractivity contribution >= 4 is 11.8 Å². The number of rotatable bonds is 1. The standard InChI is InChI=1S/C16H24N2O2/c1-11(17)13-8-7-12-6-5-9-18(14(12)10-13)15(19)20-16(2,3)4/h7-8,10-11H,5-6,9,17H2,1-4H3/t11-/m0/s1. The number of anilines is 1. The van der Waals surface area contributed by atoms with Crippen molar-refractivity contribution in [2.45, 2.75) is 52.2 Å². The van der Waals surface area contributed by atoms with Crippen LogP contribution >= 0.6 is 0 Å². The van der Waals surface area contributed by atoms with Gasteiger partial charge in [0.2, 0.25) is 0 Å². The van der Waals surface area contributed by atoms with Crippen LogP contribution in [0.4, 0.5) is 10.5 Å². The van der Waals surface area contributed by atoms with Crippen LogP contribution in [0.1, 0.15) is 51.3 Å². The minimum Gasteiger partial charge on any atom is -0.443 e. The van der Waals surface area contributed by atoms with E-state index in [0.29, 0.717) is 6.54 Å². The average Bonchev–Trinajstić information content (AvgIpc) is 2.35. The molecule has 0 saturated carbocycles. The molecule has 1 aliphatic rings. The summed E-state index contributed by atoms with van der Waals surface area (Å²) in [6.45, 7) is 8.29. The second-order valence-corrected chi connectivity index (χ2v) is 6.41. The highest BCUT2D eigenvalue weighted by Crippen LogP contribution is 2.30. The van der Waals surface area contributed by atoms with Gasteiger partial charge in [0.05, 0.1) is 5.69 Å². The lowest BCUT2D eigenvalue weighted by Gasteiger charge is -2.32. The molecule has 1 atom stereocenters. The van der Waals surface area contributed by atoms with Crippen molar-refractivity contribution in [1.29, 1.82) is 0 Å². The second kappa shape index (κ2) is 5.44. The monoisotopic (exact) mass is 276 g/mol. The Kier molecular flexibility index (Phi) is 4.04. The molecule has 1 aromatic rings. The number of carbonyl (C=O) groups is 1. The summed E-state index contributed by atoms with van der Waals surface area (Å²) in [4.78, 5) is 14.1. The molecule has 0 bridgehead atoms. The summed E-state index contributed by atoms with van der Waals surface area (Å²) in [7, 11) is 0. The predicted octanol–water partition coefficient (Wildman–Crippen LogP) is 3.39. The Hall–Kier alpha value is -1.55. The van der Waals surface area contributed by atoms with Crippen LogP contribution in [-0.2, 0) is 11.2 Å². The molecule has 0 saturated heterocycles. The summed E-state index contributed by atoms with van der Waals surface area (Å²) >= 11 is 0. The van der Waals surface area contributed by atoms with Crippen molar-refractivity contribution in [3.8, 4) is 0 Å². The highest BCUT2D eigenvalue weighted by atomic mass is 16.6. The smallest absolute Gasteiger partial charge is 0.414 e. The Bertz CT molecular complexity index is 504. The maximum absolute atomic E-state index is 12.3. The molecule has 1 heterocycles. The molecule has 0 aromatic heterocycles. The third-order valence-corrected chi connectivity index (χ3v) is 3.37. The van der Waals surface area contributed by atoms with Crippen LogP contribution in [0.5, 0.6) is 0 Å². The molecule has 1 aromatic carbocycles. The minimum atomic E-state index is -0.479. The Morgan fingerprint density at radius 3 is 2.70 bits per heavy atom. The van der Waals surface area contributed by atoms with E-state index in [9.17, 15) is 4.79 Å². The maximum Gasteiger partial charge on any atom is 0.414 e. The SMILES string of the molecule is C[C@H](N)c1ccc2c(c1)N(C(=O)OC(C)(C)C)CCC2. The topological polar surface area (TPSA) is 55.6 Å². The molecular weight excluding hydrogens is 252 g/mol. The van der Waals surface area contributed by atoms with Crippen molar-refractivity contribution in [2.75, 3.05) is 11.4 Å². The zero-order valence-corrected chi connectivity index (χ0v) is 12.8. The summed E-state index contributed by atoms with van der Waals surface area (Å²) in [5.74, 6) is 0. The third kappa shape index (κ3) is 3.31. The number of ether oxygens (including phenoxy) is 1. The molecule has 1 aliphatic heterocycles. The first-order valence-corrected chi connectivity index (χ1v) is 7.17. The van der Waals surface area contributed by atoms with Crippen molar-refractivity contribution in [3.05, 3.63) is 29.3 Å². The van der Waals surface area contributed by atoms with Gasteiger partial charge in [-0.15, -0.1) is 0 Å². The van der Waals surface area contributed by atoms with Crippen LogP contribution in [0.15, 0.2) is 18.2 Å². The molecule has 110 valence electrons. The lowest BCUT2D eigenvalue weighted by Crippen LogP contribution is -2.39. The first-order valence-electron chi connectivity index (χ1n) is 7.17. The van der Waals surface area contributed by atoms with E-state index < -0.39 is 5.60 Å². The van der Waals surface area contributed by atoms with Crippen molar-refractivity contribution < 1.29 is 9.53 Å². The normalized spacial score (nSPS) is 16.6. The van der Waals surface area contributed by atoms with E-state index in [1.54, 1.807) is 4.90 Å². The molecule has 0 radical (unpaired) electrons. The van der Waals surface area contributed by atoms with E-state index in [-0.39, 0.29) is 12.1 Å². The number of amides is 1. The second-order valence-electron chi connectivity index (χ2n) is 6.41. The van der Waals surface area contributed by atoms with E-state index in [0.717, 1.165) is 24.1 Å². The lowest BCUT2D eigenvalue weighted by atomic mass is 9.98. The van der Waals surface area contributed by atoms with Gasteiger partial charge in [-0.25, -0.2) is 4.79 Å². The van der Waals surface area contributed by atoms with Gasteiger partial charge in [-0.05, 0) is 57.7 Å². The molecule has 2 N–H and O–H groups in total. The predicted molar refractivity (Wildman–Crippen MR) is 80.9 cm³/mol. The van der Waals surface area contributed by atoms with E-state index >= 15 is 0 Å². The minimum absolute atomic E-state index is 0.0392. The highest BCUT2D eigenvalue weighted by Gasteiger charge is 2.27. The van der Waals surface area contributed by atoms with Crippen LogP contribution in [-0.4, -0.2) is 18.2 Å². The van der Waals surface area contributed by atoms with Gasteiger partial charge in [-0.2, -0.15) is 0 Å². The first-order chi connectivity index (χ1) is 9.28. The summed E-state index contributed by atoms with van der Waals surface area (Å²) in [6, 6.07) is 6.10. The van der Waals surface area contributed by atoms with Gasteiger partial charge in [0.1, 0.15) is 5.60 Å². The molecule has 0 aliphatic carbocycles. The van der Waals surface area contributed by atoms with Gasteiger partial charge < -0.3 is 10.5 Å². The molecule has 2 rings (SSSR count). The Morgan fingerprint density at radius 1 is 1.40 bits per heavy atom. The van der Waals surface area contributed by atoms with Crippen LogP contribution < -0.4 is 10.6 Å². The zero-order valence-electron chi connectivity index (χ0n) is 12.8. The summed E-state index contributed by atoms with van der Waals surface area (Å²) in [5, 5.41) is 0. The molecule has 20 heavy (non-hydrogen) atoms. The fourth-order valence-corrected chi connectivity index (χ4v) is 2.38. The number of nitrogens with two attached hydrogens (primary N) is 1. The maximum atomic E-state index is 12.3. The largest absolute Gasteiger partial charge is 0.443 e. The highest BCUT2D eigenvalue weighted by molar-refractivity contribution is 5.89. The van der Waals surface area contributed by atoms with Gasteiger partial charge in [-0.1, -0.05) is 12.1 Å². The fraction of sp³-hybridized carbons (Fsp3) is 0.562. The van der Waals surface area contributed by atoms with Crippen LogP contribution in [0.3, 0.4) is 0 Å². The fourth-order valence-electron chi connectivity index (χ4n) is 2.38. The van der Waals surface area contributed by atoms with Crippen molar-refractivity contribution in [2.24, 2.45) is 5.73 Å². The molecule has 4 nitrogen and oxygen atoms in total. The number of nitrogens with zero attached hydrogens (tertiary/aromatic N) is 1. The van der Waals surface area contributed by atoms with E-state index in [2.05, 4.69) is 6.07 Å². The van der Waals surface area contributed by atoms with Gasteiger partial charge in [-0.3, -0.25) is 4.90 Å². The molecule has 0 fully saturated rings. The molecule has 4 heteroatoms. The molecular formula is C16H24N2O2. The average molecular weight is 276 g/mol. The summed E-state index contributed by atoms with van der Waals surface area (Å²) in [6.07, 6.45) is 1.68. The van der Waals surface area contributed by atoms with E-state index in [1.165, 1.54) is 5.56 Å².